The zero-order valence-electron chi connectivity index (χ0n) is 10.3. The fourth-order valence-corrected chi connectivity index (χ4v) is 1.93. The van der Waals surface area contributed by atoms with Crippen LogP contribution in [0.2, 0.25) is 0 Å². The Kier molecular flexibility index (Phi) is 3.02. The highest BCUT2D eigenvalue weighted by Gasteiger charge is 2.00. The van der Waals surface area contributed by atoms with E-state index in [0.717, 1.165) is 16.5 Å². The monoisotopic (exact) mass is 251 g/mol. The number of pyridine rings is 1. The molecule has 3 aromatic rings. The molecule has 0 aliphatic carbocycles. The maximum atomic E-state index is 9.38. The maximum absolute atomic E-state index is 9.38. The molecule has 1 N–H and O–H groups in total. The van der Waals surface area contributed by atoms with Crippen LogP contribution in [0.15, 0.2) is 60.7 Å². The Morgan fingerprint density at radius 3 is 2.74 bits per heavy atom. The highest BCUT2D eigenvalue weighted by molar-refractivity contribution is 5.78. The third kappa shape index (κ3) is 2.65. The number of nitrogens with zero attached hydrogens (tertiary/aromatic N) is 1. The Labute approximate surface area is 111 Å². The molecule has 0 bridgehead atoms. The van der Waals surface area contributed by atoms with E-state index in [2.05, 4.69) is 4.98 Å². The molecule has 0 atom stereocenters. The summed E-state index contributed by atoms with van der Waals surface area (Å²) in [6, 6.07) is 18.8. The number of phenolic OH excluding ortho intramolecular Hbond substituents is 1. The van der Waals surface area contributed by atoms with E-state index in [9.17, 15) is 5.11 Å². The highest BCUT2D eigenvalue weighted by atomic mass is 16.5. The number of benzene rings is 2. The van der Waals surface area contributed by atoms with Crippen molar-refractivity contribution in [2.45, 2.75) is 6.61 Å². The van der Waals surface area contributed by atoms with Crippen LogP contribution in [0, 0.1) is 0 Å². The fraction of sp³-hybridized carbons (Fsp3) is 0.0625. The molecule has 0 aliphatic heterocycles. The van der Waals surface area contributed by atoms with E-state index >= 15 is 0 Å². The van der Waals surface area contributed by atoms with Crippen molar-refractivity contribution >= 4 is 10.9 Å². The quantitative estimate of drug-likeness (QED) is 0.774. The lowest BCUT2D eigenvalue weighted by molar-refractivity contribution is 0.294. The average molecular weight is 251 g/mol. The van der Waals surface area contributed by atoms with Crippen LogP contribution in [0.25, 0.3) is 10.9 Å². The number of aromatic nitrogens is 1. The third-order valence-corrected chi connectivity index (χ3v) is 2.87. The number of phenols is 1. The van der Waals surface area contributed by atoms with E-state index in [1.807, 2.05) is 42.5 Å². The van der Waals surface area contributed by atoms with Gasteiger partial charge in [0, 0.05) is 11.5 Å². The first-order valence-electron chi connectivity index (χ1n) is 6.08. The van der Waals surface area contributed by atoms with Crippen molar-refractivity contribution in [2.75, 3.05) is 0 Å². The predicted octanol–water partition coefficient (Wildman–Crippen LogP) is 3.52. The minimum absolute atomic E-state index is 0.243. The number of fused-ring (bicyclic) bond motifs is 1. The molecule has 0 fully saturated rings. The molecular formula is C16H13NO2. The van der Waals surface area contributed by atoms with E-state index in [-0.39, 0.29) is 5.75 Å². The average Bonchev–Trinajstić information content (AvgIpc) is 2.45. The first-order valence-corrected chi connectivity index (χ1v) is 6.08. The smallest absolute Gasteiger partial charge is 0.214 e. The van der Waals surface area contributed by atoms with Gasteiger partial charge in [0.2, 0.25) is 5.88 Å². The summed E-state index contributed by atoms with van der Waals surface area (Å²) in [5.41, 5.74) is 1.82. The Morgan fingerprint density at radius 2 is 1.84 bits per heavy atom. The number of hydrogen-bond acceptors (Lipinski definition) is 3. The zero-order valence-corrected chi connectivity index (χ0v) is 10.3. The second kappa shape index (κ2) is 4.98. The molecule has 19 heavy (non-hydrogen) atoms. The second-order valence-corrected chi connectivity index (χ2v) is 4.30. The first kappa shape index (κ1) is 11.5. The van der Waals surface area contributed by atoms with Gasteiger partial charge in [0.05, 0.1) is 5.52 Å². The van der Waals surface area contributed by atoms with Gasteiger partial charge in [0.1, 0.15) is 12.4 Å². The van der Waals surface area contributed by atoms with Gasteiger partial charge in [0.15, 0.2) is 0 Å². The number of para-hydroxylation sites is 1. The molecule has 0 amide bonds. The summed E-state index contributed by atoms with van der Waals surface area (Å²) in [5, 5.41) is 10.5. The number of ether oxygens (including phenoxy) is 1. The van der Waals surface area contributed by atoms with E-state index in [0.29, 0.717) is 12.5 Å². The molecule has 1 heterocycles. The molecule has 2 aromatic carbocycles. The second-order valence-electron chi connectivity index (χ2n) is 4.30. The van der Waals surface area contributed by atoms with Crippen LogP contribution in [0.4, 0.5) is 0 Å². The third-order valence-electron chi connectivity index (χ3n) is 2.87. The molecule has 0 radical (unpaired) electrons. The van der Waals surface area contributed by atoms with E-state index in [1.54, 1.807) is 18.2 Å². The van der Waals surface area contributed by atoms with E-state index in [1.165, 1.54) is 0 Å². The summed E-state index contributed by atoms with van der Waals surface area (Å²) in [7, 11) is 0. The number of aromatic hydroxyl groups is 1. The molecule has 0 spiro atoms. The summed E-state index contributed by atoms with van der Waals surface area (Å²) in [6.07, 6.45) is 0. The Balaban J connectivity index is 1.78. The molecule has 94 valence electrons. The van der Waals surface area contributed by atoms with Crippen molar-refractivity contribution < 1.29 is 9.84 Å². The van der Waals surface area contributed by atoms with E-state index in [4.69, 9.17) is 4.74 Å². The van der Waals surface area contributed by atoms with Crippen LogP contribution >= 0.6 is 0 Å². The number of hydrogen-bond donors (Lipinski definition) is 1. The van der Waals surface area contributed by atoms with Crippen molar-refractivity contribution in [3.63, 3.8) is 0 Å². The van der Waals surface area contributed by atoms with Gasteiger partial charge < -0.3 is 9.84 Å². The summed E-state index contributed by atoms with van der Waals surface area (Å²) in [4.78, 5) is 4.43. The van der Waals surface area contributed by atoms with Gasteiger partial charge in [0.25, 0.3) is 0 Å². The molecule has 0 saturated carbocycles. The highest BCUT2D eigenvalue weighted by Crippen LogP contribution is 2.18. The lowest BCUT2D eigenvalue weighted by atomic mass is 10.2. The largest absolute Gasteiger partial charge is 0.508 e. The fourth-order valence-electron chi connectivity index (χ4n) is 1.93. The van der Waals surface area contributed by atoms with Crippen LogP contribution < -0.4 is 4.74 Å². The molecule has 1 aromatic heterocycles. The Bertz CT molecular complexity index is 710. The summed E-state index contributed by atoms with van der Waals surface area (Å²) in [5.74, 6) is 0.828. The summed E-state index contributed by atoms with van der Waals surface area (Å²) >= 11 is 0. The minimum atomic E-state index is 0.243. The van der Waals surface area contributed by atoms with Crippen molar-refractivity contribution in [1.82, 2.24) is 4.98 Å². The van der Waals surface area contributed by atoms with Gasteiger partial charge in [-0.15, -0.1) is 0 Å². The molecule has 3 heteroatoms. The van der Waals surface area contributed by atoms with Crippen LogP contribution in [-0.4, -0.2) is 10.1 Å². The minimum Gasteiger partial charge on any atom is -0.508 e. The Hall–Kier alpha value is -2.55. The van der Waals surface area contributed by atoms with Crippen LogP contribution in [0.5, 0.6) is 11.6 Å². The standard InChI is InChI=1S/C16H13NO2/c18-14-6-3-4-12(10-14)11-19-16-9-8-13-5-1-2-7-15(13)17-16/h1-10,18H,11H2. The Morgan fingerprint density at radius 1 is 0.947 bits per heavy atom. The molecule has 3 rings (SSSR count). The van der Waals surface area contributed by atoms with Gasteiger partial charge in [-0.3, -0.25) is 0 Å². The lowest BCUT2D eigenvalue weighted by Crippen LogP contribution is -1.97. The summed E-state index contributed by atoms with van der Waals surface area (Å²) in [6.45, 7) is 0.389. The normalized spacial score (nSPS) is 10.5. The zero-order chi connectivity index (χ0) is 13.1. The molecule has 0 saturated heterocycles. The SMILES string of the molecule is Oc1cccc(COc2ccc3ccccc3n2)c1. The maximum Gasteiger partial charge on any atom is 0.214 e. The van der Waals surface area contributed by atoms with Crippen molar-refractivity contribution in [1.29, 1.82) is 0 Å². The van der Waals surface area contributed by atoms with Crippen molar-refractivity contribution in [3.05, 3.63) is 66.2 Å². The van der Waals surface area contributed by atoms with Crippen LogP contribution in [-0.2, 0) is 6.61 Å². The lowest BCUT2D eigenvalue weighted by Gasteiger charge is -2.06. The molecular weight excluding hydrogens is 238 g/mol. The number of rotatable bonds is 3. The molecule has 0 aliphatic rings. The van der Waals surface area contributed by atoms with Gasteiger partial charge in [-0.2, -0.15) is 0 Å². The van der Waals surface area contributed by atoms with E-state index < -0.39 is 0 Å². The predicted molar refractivity (Wildman–Crippen MR) is 74.2 cm³/mol. The molecule has 3 nitrogen and oxygen atoms in total. The molecule has 0 unspecified atom stereocenters. The summed E-state index contributed by atoms with van der Waals surface area (Å²) < 4.78 is 5.63. The first-order chi connectivity index (χ1) is 9.31. The van der Waals surface area contributed by atoms with Gasteiger partial charge >= 0.3 is 0 Å². The van der Waals surface area contributed by atoms with Crippen molar-refractivity contribution in [2.24, 2.45) is 0 Å². The van der Waals surface area contributed by atoms with Gasteiger partial charge in [-0.1, -0.05) is 30.3 Å². The van der Waals surface area contributed by atoms with Crippen LogP contribution in [0.1, 0.15) is 5.56 Å². The van der Waals surface area contributed by atoms with Crippen LogP contribution in [0.3, 0.4) is 0 Å². The van der Waals surface area contributed by atoms with Gasteiger partial charge in [-0.25, -0.2) is 4.98 Å². The topological polar surface area (TPSA) is 42.4 Å². The van der Waals surface area contributed by atoms with Gasteiger partial charge in [-0.05, 0) is 29.8 Å². The van der Waals surface area contributed by atoms with Crippen molar-refractivity contribution in [3.8, 4) is 11.6 Å².